The maximum absolute atomic E-state index is 13.1. The molecule has 0 radical (unpaired) electrons. The molecule has 7 heteroatoms. The summed E-state index contributed by atoms with van der Waals surface area (Å²) in [7, 11) is -3.49. The first kappa shape index (κ1) is 24.9. The maximum Gasteiger partial charge on any atom is 0.243 e. The number of carbonyl (C=O) groups excluding carboxylic acids is 1. The van der Waals surface area contributed by atoms with E-state index in [1.54, 1.807) is 28.6 Å². The van der Waals surface area contributed by atoms with Gasteiger partial charge >= 0.3 is 0 Å². The number of amides is 1. The average Bonchev–Trinajstić information content (AvgIpc) is 3.20. The predicted molar refractivity (Wildman–Crippen MR) is 144 cm³/mol. The summed E-state index contributed by atoms with van der Waals surface area (Å²) in [5.41, 5.74) is 1.93. The smallest absolute Gasteiger partial charge is 0.243 e. The molecule has 1 amide bonds. The molecule has 190 valence electrons. The number of fused-ring (bicyclic) bond motifs is 1. The molecule has 3 aromatic carbocycles. The molecule has 0 aliphatic carbocycles. The van der Waals surface area contributed by atoms with Gasteiger partial charge in [0.15, 0.2) is 0 Å². The molecule has 0 bridgehead atoms. The number of likely N-dealkylation sites (tertiary alicyclic amines) is 1. The van der Waals surface area contributed by atoms with Crippen molar-refractivity contribution in [2.75, 3.05) is 31.5 Å². The van der Waals surface area contributed by atoms with Crippen LogP contribution in [0, 0.1) is 5.92 Å². The summed E-state index contributed by atoms with van der Waals surface area (Å²) in [5, 5.41) is 5.52. The molecular formula is C29H35N3O3S. The van der Waals surface area contributed by atoms with E-state index in [2.05, 4.69) is 52.7 Å². The van der Waals surface area contributed by atoms with Crippen molar-refractivity contribution in [2.24, 2.45) is 5.92 Å². The normalized spacial score (nSPS) is 20.2. The molecule has 0 spiro atoms. The van der Waals surface area contributed by atoms with Crippen LogP contribution >= 0.6 is 0 Å². The van der Waals surface area contributed by atoms with Crippen molar-refractivity contribution in [2.45, 2.75) is 50.0 Å². The minimum Gasteiger partial charge on any atom is -0.326 e. The zero-order chi connectivity index (χ0) is 25.0. The molecule has 0 aromatic heterocycles. The summed E-state index contributed by atoms with van der Waals surface area (Å²) in [4.78, 5) is 15.7. The van der Waals surface area contributed by atoms with Crippen LogP contribution in [0.5, 0.6) is 0 Å². The van der Waals surface area contributed by atoms with Gasteiger partial charge in [0.25, 0.3) is 0 Å². The monoisotopic (exact) mass is 505 g/mol. The lowest BCUT2D eigenvalue weighted by Gasteiger charge is -2.32. The minimum atomic E-state index is -3.49. The van der Waals surface area contributed by atoms with Crippen molar-refractivity contribution >= 4 is 32.4 Å². The minimum absolute atomic E-state index is 0.000690. The van der Waals surface area contributed by atoms with Crippen LogP contribution in [0.2, 0.25) is 0 Å². The Balaban J connectivity index is 1.21. The number of nitrogens with one attached hydrogen (secondary N) is 1. The van der Waals surface area contributed by atoms with Gasteiger partial charge in [0.05, 0.1) is 10.8 Å². The highest BCUT2D eigenvalue weighted by Crippen LogP contribution is 2.25. The number of anilines is 1. The molecule has 2 aliphatic heterocycles. The summed E-state index contributed by atoms with van der Waals surface area (Å²) >= 11 is 0. The van der Waals surface area contributed by atoms with Gasteiger partial charge < -0.3 is 5.32 Å². The number of hydrogen-bond donors (Lipinski definition) is 1. The van der Waals surface area contributed by atoms with Gasteiger partial charge in [-0.1, -0.05) is 55.3 Å². The van der Waals surface area contributed by atoms with E-state index in [-0.39, 0.29) is 11.8 Å². The predicted octanol–water partition coefficient (Wildman–Crippen LogP) is 5.26. The van der Waals surface area contributed by atoms with E-state index in [1.165, 1.54) is 16.3 Å². The van der Waals surface area contributed by atoms with Crippen LogP contribution in [0.1, 0.15) is 44.1 Å². The van der Waals surface area contributed by atoms with Crippen molar-refractivity contribution in [1.29, 1.82) is 0 Å². The zero-order valence-electron chi connectivity index (χ0n) is 20.7. The van der Waals surface area contributed by atoms with E-state index in [1.807, 2.05) is 0 Å². The van der Waals surface area contributed by atoms with E-state index < -0.39 is 10.0 Å². The quantitative estimate of drug-likeness (QED) is 0.496. The fourth-order valence-electron chi connectivity index (χ4n) is 5.47. The number of carbonyl (C=O) groups is 1. The van der Waals surface area contributed by atoms with Crippen LogP contribution in [0.25, 0.3) is 10.8 Å². The van der Waals surface area contributed by atoms with Gasteiger partial charge in [-0.15, -0.1) is 0 Å². The van der Waals surface area contributed by atoms with Crippen LogP contribution in [-0.4, -0.2) is 49.7 Å². The molecule has 2 fully saturated rings. The van der Waals surface area contributed by atoms with Crippen LogP contribution < -0.4 is 5.32 Å². The fraction of sp³-hybridized carbons (Fsp3) is 0.414. The van der Waals surface area contributed by atoms with Crippen LogP contribution in [0.15, 0.2) is 71.6 Å². The van der Waals surface area contributed by atoms with Crippen LogP contribution in [0.3, 0.4) is 0 Å². The Morgan fingerprint density at radius 1 is 0.833 bits per heavy atom. The third kappa shape index (κ3) is 5.64. The second kappa shape index (κ2) is 11.1. The number of nitrogens with zero attached hydrogens (tertiary/aromatic N) is 2. The Morgan fingerprint density at radius 2 is 1.56 bits per heavy atom. The van der Waals surface area contributed by atoms with Gasteiger partial charge in [0.2, 0.25) is 15.9 Å². The number of piperidine rings is 1. The highest BCUT2D eigenvalue weighted by molar-refractivity contribution is 7.89. The summed E-state index contributed by atoms with van der Waals surface area (Å²) in [6.07, 6.45) is 5.82. The summed E-state index contributed by atoms with van der Waals surface area (Å²) < 4.78 is 27.6. The van der Waals surface area contributed by atoms with Crippen molar-refractivity contribution in [3.05, 3.63) is 72.3 Å². The van der Waals surface area contributed by atoms with E-state index in [0.717, 1.165) is 58.2 Å². The van der Waals surface area contributed by atoms with Gasteiger partial charge in [0.1, 0.15) is 0 Å². The number of benzene rings is 3. The molecule has 2 heterocycles. The molecule has 1 atom stereocenters. The summed E-state index contributed by atoms with van der Waals surface area (Å²) in [6.45, 7) is 3.69. The Bertz CT molecular complexity index is 1290. The number of sulfonamides is 1. The third-order valence-electron chi connectivity index (χ3n) is 7.47. The molecule has 1 unspecified atom stereocenters. The van der Waals surface area contributed by atoms with Crippen molar-refractivity contribution in [3.63, 3.8) is 0 Å². The number of rotatable bonds is 6. The topological polar surface area (TPSA) is 69.7 Å². The lowest BCUT2D eigenvalue weighted by Crippen LogP contribution is -2.40. The van der Waals surface area contributed by atoms with Gasteiger partial charge in [0, 0.05) is 31.9 Å². The van der Waals surface area contributed by atoms with Crippen LogP contribution in [0.4, 0.5) is 5.69 Å². The lowest BCUT2D eigenvalue weighted by atomic mass is 9.96. The molecule has 5 rings (SSSR count). The van der Waals surface area contributed by atoms with E-state index in [0.29, 0.717) is 23.7 Å². The van der Waals surface area contributed by atoms with Crippen molar-refractivity contribution < 1.29 is 13.2 Å². The van der Waals surface area contributed by atoms with E-state index in [4.69, 9.17) is 0 Å². The first-order chi connectivity index (χ1) is 17.5. The Morgan fingerprint density at radius 3 is 2.33 bits per heavy atom. The highest BCUT2D eigenvalue weighted by atomic mass is 32.2. The molecule has 0 saturated carbocycles. The van der Waals surface area contributed by atoms with Gasteiger partial charge in [-0.3, -0.25) is 9.69 Å². The highest BCUT2D eigenvalue weighted by Gasteiger charge is 2.27. The Kier molecular flexibility index (Phi) is 7.70. The average molecular weight is 506 g/mol. The maximum atomic E-state index is 13.1. The zero-order valence-corrected chi connectivity index (χ0v) is 21.6. The van der Waals surface area contributed by atoms with Gasteiger partial charge in [-0.2, -0.15) is 4.31 Å². The van der Waals surface area contributed by atoms with Crippen LogP contribution in [-0.2, 0) is 21.4 Å². The molecule has 6 nitrogen and oxygen atoms in total. The van der Waals surface area contributed by atoms with E-state index >= 15 is 0 Å². The van der Waals surface area contributed by atoms with Crippen molar-refractivity contribution in [3.8, 4) is 0 Å². The molecule has 3 aromatic rings. The lowest BCUT2D eigenvalue weighted by molar-refractivity contribution is -0.121. The van der Waals surface area contributed by atoms with E-state index in [9.17, 15) is 13.2 Å². The summed E-state index contributed by atoms with van der Waals surface area (Å²) in [5.74, 6) is -0.0880. The molecule has 2 aliphatic rings. The largest absolute Gasteiger partial charge is 0.326 e. The fourth-order valence-corrected chi connectivity index (χ4v) is 6.99. The Labute approximate surface area is 214 Å². The third-order valence-corrected chi connectivity index (χ3v) is 9.39. The molecule has 36 heavy (non-hydrogen) atoms. The Hall–Kier alpha value is -2.74. The molecule has 1 N–H and O–H groups in total. The first-order valence-corrected chi connectivity index (χ1v) is 14.5. The SMILES string of the molecule is O=C(Nc1ccc(S(=O)(=O)N2CCCCCC2)cc1)C1CCCN(Cc2cccc3ccccc23)C1. The standard InChI is InChI=1S/C29H35N3O3S/c33-29(30-26-14-16-27(17-15-26)36(34,35)32-19-5-1-2-6-20-32)25-12-8-18-31(22-25)21-24-11-7-10-23-9-3-4-13-28(23)24/h3-4,7,9-11,13-17,25H,1-2,5-6,8,12,18-22H2,(H,30,33). The number of hydrogen-bond acceptors (Lipinski definition) is 4. The first-order valence-electron chi connectivity index (χ1n) is 13.1. The second-order valence-corrected chi connectivity index (χ2v) is 12.0. The molecular weight excluding hydrogens is 470 g/mol. The molecule has 2 saturated heterocycles. The summed E-state index contributed by atoms with van der Waals surface area (Å²) in [6, 6.07) is 21.5. The second-order valence-electron chi connectivity index (χ2n) is 10.0. The van der Waals surface area contributed by atoms with Gasteiger partial charge in [-0.05, 0) is 72.8 Å². The van der Waals surface area contributed by atoms with Gasteiger partial charge in [-0.25, -0.2) is 8.42 Å². The van der Waals surface area contributed by atoms with Crippen molar-refractivity contribution in [1.82, 2.24) is 9.21 Å².